The number of nitrogens with zero attached hydrogens (tertiary/aromatic N) is 2. The van der Waals surface area contributed by atoms with E-state index in [0.29, 0.717) is 51.8 Å². The van der Waals surface area contributed by atoms with Crippen LogP contribution in [0.3, 0.4) is 0 Å². The van der Waals surface area contributed by atoms with Crippen LogP contribution in [0.4, 0.5) is 0 Å². The Morgan fingerprint density at radius 3 is 2.62 bits per heavy atom. The molecular weight excluding hydrogens is 538 g/mol. The van der Waals surface area contributed by atoms with Gasteiger partial charge in [-0.05, 0) is 70.9 Å². The molecule has 1 aromatic carbocycles. The van der Waals surface area contributed by atoms with Crippen molar-refractivity contribution in [3.8, 4) is 11.5 Å². The van der Waals surface area contributed by atoms with Crippen molar-refractivity contribution >= 4 is 29.3 Å². The van der Waals surface area contributed by atoms with Crippen LogP contribution < -0.4 is 20.3 Å². The minimum absolute atomic E-state index is 0.0875. The molecule has 2 heterocycles. The molecule has 1 saturated carbocycles. The summed E-state index contributed by atoms with van der Waals surface area (Å²) >= 11 is 8.06. The number of pyridine rings is 1. The number of ether oxygens (including phenoxy) is 3. The average Bonchev–Trinajstić information content (AvgIpc) is 2.95. The van der Waals surface area contributed by atoms with Crippen molar-refractivity contribution in [2.75, 3.05) is 40.2 Å². The first kappa shape index (κ1) is 29.8. The third kappa shape index (κ3) is 6.42. The first-order valence-corrected chi connectivity index (χ1v) is 15.1. The molecule has 1 N–H and O–H groups in total. The van der Waals surface area contributed by atoms with E-state index in [4.69, 9.17) is 25.8 Å². The van der Waals surface area contributed by atoms with E-state index in [1.165, 1.54) is 11.8 Å². The summed E-state index contributed by atoms with van der Waals surface area (Å²) < 4.78 is 19.4. The molecule has 1 fully saturated rings. The van der Waals surface area contributed by atoms with Crippen LogP contribution in [0.25, 0.3) is 0 Å². The van der Waals surface area contributed by atoms with Crippen molar-refractivity contribution in [1.29, 1.82) is 0 Å². The van der Waals surface area contributed by atoms with Gasteiger partial charge < -0.3 is 29.0 Å². The summed E-state index contributed by atoms with van der Waals surface area (Å²) in [4.78, 5) is 29.4. The normalized spacial score (nSPS) is 20.8. The highest BCUT2D eigenvalue weighted by Gasteiger charge is 2.35. The maximum atomic E-state index is 13.3. The number of rotatable bonds is 9. The van der Waals surface area contributed by atoms with Gasteiger partial charge in [0, 0.05) is 55.0 Å². The molecule has 8 nitrogen and oxygen atoms in total. The first-order valence-electron chi connectivity index (χ1n) is 13.5. The molecule has 1 amide bonds. The van der Waals surface area contributed by atoms with E-state index in [0.717, 1.165) is 49.4 Å². The number of fused-ring (bicyclic) bond motifs is 1. The van der Waals surface area contributed by atoms with Gasteiger partial charge in [-0.2, -0.15) is 0 Å². The van der Waals surface area contributed by atoms with Crippen LogP contribution in [0.15, 0.2) is 21.8 Å². The van der Waals surface area contributed by atoms with E-state index in [-0.39, 0.29) is 24.1 Å². The molecule has 4 rings (SSSR count). The summed E-state index contributed by atoms with van der Waals surface area (Å²) in [6, 6.07) is 4.14. The number of carbonyl (C=O) groups is 1. The van der Waals surface area contributed by atoms with E-state index in [1.54, 1.807) is 24.8 Å². The standard InChI is InChI=1S/C29H40ClN3O5S/c1-17-13-25(39-6)22(29(35)33(17)4)15-31-28(34)21-14-23(30)27-26(18(21)2)38-24(16-37-27)19-7-9-20(10-8-19)32(3)11-12-36-5/h13-14,19-20,24H,7-12,15-16H2,1-6H3,(H,31,34)/t19?,20?,24-/m1/s1. The SMILES string of the molecule is COCCN(C)C1CCC([C@H]2COc3c(Cl)cc(C(=O)NCc4c(SC)cc(C)n(C)c4=O)c(C)c3O2)CC1. The second-order valence-electron chi connectivity index (χ2n) is 10.6. The Hall–Kier alpha value is -2.20. The highest BCUT2D eigenvalue weighted by molar-refractivity contribution is 7.98. The molecule has 1 aliphatic heterocycles. The summed E-state index contributed by atoms with van der Waals surface area (Å²) in [6.07, 6.45) is 6.17. The number of carbonyl (C=O) groups excluding carboxylic acids is 1. The number of hydrogen-bond donors (Lipinski definition) is 1. The summed E-state index contributed by atoms with van der Waals surface area (Å²) in [5, 5.41) is 3.27. The maximum Gasteiger partial charge on any atom is 0.256 e. The summed E-state index contributed by atoms with van der Waals surface area (Å²) in [6.45, 7) is 5.99. The maximum absolute atomic E-state index is 13.3. The Morgan fingerprint density at radius 2 is 1.95 bits per heavy atom. The molecule has 1 atom stereocenters. The Bertz CT molecular complexity index is 1260. The number of thioether (sulfide) groups is 1. The smallest absolute Gasteiger partial charge is 0.256 e. The molecule has 39 heavy (non-hydrogen) atoms. The molecule has 1 aliphatic carbocycles. The van der Waals surface area contributed by atoms with Gasteiger partial charge in [0.15, 0.2) is 11.5 Å². The molecule has 10 heteroatoms. The van der Waals surface area contributed by atoms with Crippen LogP contribution >= 0.6 is 23.4 Å². The van der Waals surface area contributed by atoms with E-state index >= 15 is 0 Å². The number of benzene rings is 1. The molecule has 0 radical (unpaired) electrons. The Balaban J connectivity index is 1.46. The second-order valence-corrected chi connectivity index (χ2v) is 11.8. The zero-order chi connectivity index (χ0) is 28.3. The van der Waals surface area contributed by atoms with Gasteiger partial charge >= 0.3 is 0 Å². The largest absolute Gasteiger partial charge is 0.484 e. The van der Waals surface area contributed by atoms with Crippen LogP contribution in [0, 0.1) is 19.8 Å². The summed E-state index contributed by atoms with van der Waals surface area (Å²) in [7, 11) is 5.64. The van der Waals surface area contributed by atoms with Gasteiger partial charge in [0.1, 0.15) is 12.7 Å². The van der Waals surface area contributed by atoms with Crippen molar-refractivity contribution in [2.24, 2.45) is 13.0 Å². The monoisotopic (exact) mass is 577 g/mol. The van der Waals surface area contributed by atoms with Crippen molar-refractivity contribution in [1.82, 2.24) is 14.8 Å². The second kappa shape index (κ2) is 13.0. The quantitative estimate of drug-likeness (QED) is 0.437. The van der Waals surface area contributed by atoms with Crippen LogP contribution in [0.2, 0.25) is 5.02 Å². The van der Waals surface area contributed by atoms with Gasteiger partial charge in [0.2, 0.25) is 0 Å². The number of likely N-dealkylation sites (N-methyl/N-ethyl adjacent to an activating group) is 1. The van der Waals surface area contributed by atoms with E-state index < -0.39 is 0 Å². The average molecular weight is 578 g/mol. The van der Waals surface area contributed by atoms with Crippen LogP contribution in [0.1, 0.15) is 52.9 Å². The molecule has 214 valence electrons. The van der Waals surface area contributed by atoms with Gasteiger partial charge in [-0.1, -0.05) is 11.6 Å². The van der Waals surface area contributed by atoms with Crippen LogP contribution in [-0.4, -0.2) is 67.7 Å². The number of aromatic nitrogens is 1. The Morgan fingerprint density at radius 1 is 1.23 bits per heavy atom. The molecule has 1 aromatic heterocycles. The molecular formula is C29H40ClN3O5S. The van der Waals surface area contributed by atoms with Crippen molar-refractivity contribution in [2.45, 2.75) is 63.1 Å². The fraction of sp³-hybridized carbons (Fsp3) is 0.586. The van der Waals surface area contributed by atoms with E-state index in [9.17, 15) is 9.59 Å². The van der Waals surface area contributed by atoms with Crippen LogP contribution in [0.5, 0.6) is 11.5 Å². The number of methoxy groups -OCH3 is 1. The molecule has 0 saturated heterocycles. The zero-order valence-corrected chi connectivity index (χ0v) is 25.3. The lowest BCUT2D eigenvalue weighted by Gasteiger charge is -2.39. The lowest BCUT2D eigenvalue weighted by Crippen LogP contribution is -2.42. The highest BCUT2D eigenvalue weighted by Crippen LogP contribution is 2.45. The zero-order valence-electron chi connectivity index (χ0n) is 23.8. The van der Waals surface area contributed by atoms with Gasteiger partial charge in [0.05, 0.1) is 17.2 Å². The lowest BCUT2D eigenvalue weighted by molar-refractivity contribution is 0.0199. The van der Waals surface area contributed by atoms with Gasteiger partial charge in [-0.25, -0.2) is 0 Å². The molecule has 0 bridgehead atoms. The fourth-order valence-electron chi connectivity index (χ4n) is 5.58. The number of aryl methyl sites for hydroxylation is 1. The predicted octanol–water partition coefficient (Wildman–Crippen LogP) is 4.58. The van der Waals surface area contributed by atoms with E-state index in [1.807, 2.05) is 26.2 Å². The molecule has 2 aromatic rings. The Labute approximate surface area is 240 Å². The minimum atomic E-state index is -0.308. The number of halogens is 1. The molecule has 0 unspecified atom stereocenters. The number of hydrogen-bond acceptors (Lipinski definition) is 7. The Kier molecular flexibility index (Phi) is 9.91. The van der Waals surface area contributed by atoms with E-state index in [2.05, 4.69) is 17.3 Å². The first-order chi connectivity index (χ1) is 18.7. The third-order valence-electron chi connectivity index (χ3n) is 8.26. The van der Waals surface area contributed by atoms with Crippen molar-refractivity contribution in [3.63, 3.8) is 0 Å². The number of amides is 1. The highest BCUT2D eigenvalue weighted by atomic mass is 35.5. The summed E-state index contributed by atoms with van der Waals surface area (Å²) in [5.74, 6) is 1.10. The van der Waals surface area contributed by atoms with Crippen molar-refractivity contribution < 1.29 is 19.0 Å². The van der Waals surface area contributed by atoms with Crippen LogP contribution in [-0.2, 0) is 18.3 Å². The van der Waals surface area contributed by atoms with Crippen molar-refractivity contribution in [3.05, 3.63) is 49.9 Å². The molecule has 0 spiro atoms. The van der Waals surface area contributed by atoms with Gasteiger partial charge in [-0.15, -0.1) is 11.8 Å². The predicted molar refractivity (Wildman–Crippen MR) is 156 cm³/mol. The van der Waals surface area contributed by atoms with Gasteiger partial charge in [-0.3, -0.25) is 9.59 Å². The lowest BCUT2D eigenvalue weighted by atomic mass is 9.82. The topological polar surface area (TPSA) is 82.0 Å². The number of nitrogens with one attached hydrogen (secondary N) is 1. The summed E-state index contributed by atoms with van der Waals surface area (Å²) in [5.41, 5.74) is 2.43. The third-order valence-corrected chi connectivity index (χ3v) is 9.34. The molecule has 2 aliphatic rings. The minimum Gasteiger partial charge on any atom is -0.484 e. The fourth-order valence-corrected chi connectivity index (χ4v) is 6.52. The van der Waals surface area contributed by atoms with Gasteiger partial charge in [0.25, 0.3) is 11.5 Å².